The summed E-state index contributed by atoms with van der Waals surface area (Å²) < 4.78 is 6.04. The fraction of sp³-hybridized carbons (Fsp3) is 0.263. The summed E-state index contributed by atoms with van der Waals surface area (Å²) in [6.45, 7) is 2.43. The Morgan fingerprint density at radius 3 is 2.83 bits per heavy atom. The second kappa shape index (κ2) is 6.07. The third-order valence-corrected chi connectivity index (χ3v) is 5.15. The summed E-state index contributed by atoms with van der Waals surface area (Å²) in [4.78, 5) is 19.6. The van der Waals surface area contributed by atoms with Crippen LogP contribution in [0.3, 0.4) is 0 Å². The molecule has 1 aliphatic rings. The minimum absolute atomic E-state index is 0.0775. The van der Waals surface area contributed by atoms with Crippen molar-refractivity contribution < 1.29 is 4.74 Å². The van der Waals surface area contributed by atoms with E-state index in [-0.39, 0.29) is 11.7 Å². The highest BCUT2D eigenvalue weighted by atomic mass is 32.2. The molecule has 1 atom stereocenters. The van der Waals surface area contributed by atoms with Crippen LogP contribution in [0, 0.1) is 6.92 Å². The van der Waals surface area contributed by atoms with E-state index in [2.05, 4.69) is 53.3 Å². The Morgan fingerprint density at radius 1 is 1.25 bits per heavy atom. The van der Waals surface area contributed by atoms with Gasteiger partial charge in [0.1, 0.15) is 0 Å². The Balaban J connectivity index is 1.81. The predicted molar refractivity (Wildman–Crippen MR) is 96.6 cm³/mol. The lowest BCUT2D eigenvalue weighted by Crippen LogP contribution is -2.26. The zero-order chi connectivity index (χ0) is 16.7. The van der Waals surface area contributed by atoms with Crippen LogP contribution in [-0.4, -0.2) is 16.2 Å². The molecule has 24 heavy (non-hydrogen) atoms. The first-order chi connectivity index (χ1) is 11.7. The molecular formula is C19H18N2O2S. The van der Waals surface area contributed by atoms with Crippen molar-refractivity contribution in [3.8, 4) is 0 Å². The van der Waals surface area contributed by atoms with Crippen LogP contribution < -0.4 is 5.56 Å². The number of benzene rings is 2. The molecule has 1 N–H and O–H groups in total. The van der Waals surface area contributed by atoms with Crippen molar-refractivity contribution in [1.29, 1.82) is 0 Å². The minimum Gasteiger partial charge on any atom is -0.368 e. The van der Waals surface area contributed by atoms with Crippen molar-refractivity contribution in [3.63, 3.8) is 0 Å². The summed E-state index contributed by atoms with van der Waals surface area (Å²) in [6, 6.07) is 12.6. The van der Waals surface area contributed by atoms with Gasteiger partial charge in [0.25, 0.3) is 5.56 Å². The molecule has 1 aromatic heterocycles. The van der Waals surface area contributed by atoms with Gasteiger partial charge in [-0.05, 0) is 35.1 Å². The quantitative estimate of drug-likeness (QED) is 0.571. The molecule has 122 valence electrons. The van der Waals surface area contributed by atoms with Crippen molar-refractivity contribution >= 4 is 22.5 Å². The molecule has 5 heteroatoms. The Bertz CT molecular complexity index is 976. The number of aryl methyl sites for hydroxylation is 1. The third kappa shape index (κ3) is 2.54. The third-order valence-electron chi connectivity index (χ3n) is 4.57. The number of nitrogens with zero attached hydrogens (tertiary/aromatic N) is 1. The first-order valence-corrected chi connectivity index (χ1v) is 9.15. The summed E-state index contributed by atoms with van der Waals surface area (Å²) in [5, 5.41) is 3.11. The fourth-order valence-electron chi connectivity index (χ4n) is 3.38. The van der Waals surface area contributed by atoms with Crippen molar-refractivity contribution in [2.45, 2.75) is 31.2 Å². The van der Waals surface area contributed by atoms with Crippen LogP contribution in [0.2, 0.25) is 0 Å². The number of hydrogen-bond donors (Lipinski definition) is 1. The summed E-state index contributed by atoms with van der Waals surface area (Å²) in [5.74, 6) is 0. The molecule has 0 spiro atoms. The molecule has 4 nitrogen and oxygen atoms in total. The largest absolute Gasteiger partial charge is 0.368 e. The molecular weight excluding hydrogens is 320 g/mol. The highest BCUT2D eigenvalue weighted by Gasteiger charge is 2.26. The highest BCUT2D eigenvalue weighted by Crippen LogP contribution is 2.34. The van der Waals surface area contributed by atoms with E-state index < -0.39 is 0 Å². The maximum absolute atomic E-state index is 12.2. The molecule has 2 aromatic carbocycles. The maximum atomic E-state index is 12.2. The number of H-pyrrole nitrogens is 1. The predicted octanol–water partition coefficient (Wildman–Crippen LogP) is 3.77. The summed E-state index contributed by atoms with van der Waals surface area (Å²) >= 11 is 1.45. The van der Waals surface area contributed by atoms with Crippen molar-refractivity contribution in [3.05, 3.63) is 69.1 Å². The molecule has 4 rings (SSSR count). The molecule has 0 fully saturated rings. The van der Waals surface area contributed by atoms with Gasteiger partial charge in [0.15, 0.2) is 5.16 Å². The van der Waals surface area contributed by atoms with Gasteiger partial charge in [-0.1, -0.05) is 48.2 Å². The lowest BCUT2D eigenvalue weighted by molar-refractivity contribution is 0.0256. The normalized spacial score (nSPS) is 17.0. The van der Waals surface area contributed by atoms with E-state index in [0.29, 0.717) is 23.7 Å². The summed E-state index contributed by atoms with van der Waals surface area (Å²) in [7, 11) is 0. The van der Waals surface area contributed by atoms with Crippen LogP contribution in [0.25, 0.3) is 10.8 Å². The number of ether oxygens (including phenoxy) is 1. The lowest BCUT2D eigenvalue weighted by Gasteiger charge is -2.26. The number of aromatic amines is 1. The fourth-order valence-corrected chi connectivity index (χ4v) is 3.78. The molecule has 2 heterocycles. The molecule has 3 aromatic rings. The van der Waals surface area contributed by atoms with E-state index in [9.17, 15) is 4.79 Å². The molecule has 0 aliphatic carbocycles. The second-order valence-corrected chi connectivity index (χ2v) is 6.82. The van der Waals surface area contributed by atoms with Crippen molar-refractivity contribution in [2.24, 2.45) is 0 Å². The van der Waals surface area contributed by atoms with Gasteiger partial charge in [-0.2, -0.15) is 0 Å². The van der Waals surface area contributed by atoms with Gasteiger partial charge in [-0.15, -0.1) is 0 Å². The van der Waals surface area contributed by atoms with Gasteiger partial charge < -0.3 is 9.72 Å². The Kier molecular flexibility index (Phi) is 3.90. The van der Waals surface area contributed by atoms with Crippen LogP contribution in [0.5, 0.6) is 0 Å². The Hall–Kier alpha value is -2.11. The smallest absolute Gasteiger partial charge is 0.257 e. The van der Waals surface area contributed by atoms with E-state index in [4.69, 9.17) is 4.74 Å². The van der Waals surface area contributed by atoms with Gasteiger partial charge in [0, 0.05) is 6.42 Å². The molecule has 0 saturated carbocycles. The van der Waals surface area contributed by atoms with Gasteiger partial charge in [0.05, 0.1) is 24.0 Å². The van der Waals surface area contributed by atoms with Crippen LogP contribution in [0.15, 0.2) is 46.3 Å². The number of aromatic nitrogens is 2. The standard InChI is InChI=1S/C19H18N2O2S/c1-11-5-3-6-12-7-4-8-13(17(11)12)16-9-15-14(10-23-16)18(22)21-19(20-15)24-2/h3-8,16H,9-10H2,1-2H3,(H,20,21,22). The molecule has 0 bridgehead atoms. The molecule has 1 unspecified atom stereocenters. The van der Waals surface area contributed by atoms with E-state index in [1.54, 1.807) is 0 Å². The topological polar surface area (TPSA) is 55.0 Å². The van der Waals surface area contributed by atoms with Crippen LogP contribution in [0.1, 0.15) is 28.5 Å². The first-order valence-electron chi connectivity index (χ1n) is 7.93. The van der Waals surface area contributed by atoms with Gasteiger partial charge in [0.2, 0.25) is 0 Å². The average molecular weight is 338 g/mol. The lowest BCUT2D eigenvalue weighted by atomic mass is 9.93. The van der Waals surface area contributed by atoms with Crippen LogP contribution >= 0.6 is 11.8 Å². The molecule has 0 amide bonds. The number of nitrogens with one attached hydrogen (secondary N) is 1. The number of fused-ring (bicyclic) bond motifs is 2. The Morgan fingerprint density at radius 2 is 2.04 bits per heavy atom. The van der Waals surface area contributed by atoms with E-state index in [1.165, 1.54) is 33.7 Å². The minimum atomic E-state index is -0.0862. The molecule has 1 aliphatic heterocycles. The zero-order valence-corrected chi connectivity index (χ0v) is 14.4. The van der Waals surface area contributed by atoms with E-state index in [0.717, 1.165) is 5.69 Å². The summed E-state index contributed by atoms with van der Waals surface area (Å²) in [6.07, 6.45) is 2.46. The van der Waals surface area contributed by atoms with Gasteiger partial charge in [-0.3, -0.25) is 4.79 Å². The highest BCUT2D eigenvalue weighted by molar-refractivity contribution is 7.98. The van der Waals surface area contributed by atoms with Crippen LogP contribution in [-0.2, 0) is 17.8 Å². The van der Waals surface area contributed by atoms with Gasteiger partial charge in [-0.25, -0.2) is 4.98 Å². The van der Waals surface area contributed by atoms with Crippen molar-refractivity contribution in [2.75, 3.05) is 6.26 Å². The average Bonchev–Trinajstić information content (AvgIpc) is 2.61. The van der Waals surface area contributed by atoms with Crippen LogP contribution in [0.4, 0.5) is 0 Å². The Labute approximate surface area is 144 Å². The number of thioether (sulfide) groups is 1. The SMILES string of the molecule is CSc1nc2c(c(=O)[nH]1)COC(c1cccc3cccc(C)c13)C2. The number of hydrogen-bond acceptors (Lipinski definition) is 4. The monoisotopic (exact) mass is 338 g/mol. The van der Waals surface area contributed by atoms with E-state index in [1.807, 2.05) is 6.26 Å². The first kappa shape index (κ1) is 15.4. The maximum Gasteiger partial charge on any atom is 0.257 e. The van der Waals surface area contributed by atoms with E-state index >= 15 is 0 Å². The molecule has 0 radical (unpaired) electrons. The van der Waals surface area contributed by atoms with Gasteiger partial charge >= 0.3 is 0 Å². The zero-order valence-electron chi connectivity index (χ0n) is 13.6. The number of rotatable bonds is 2. The summed E-state index contributed by atoms with van der Waals surface area (Å²) in [5.41, 5.74) is 3.83. The second-order valence-electron chi connectivity index (χ2n) is 6.02. The molecule has 0 saturated heterocycles. The van der Waals surface area contributed by atoms with Crippen molar-refractivity contribution in [1.82, 2.24) is 9.97 Å².